The van der Waals surface area contributed by atoms with Crippen molar-refractivity contribution in [2.75, 3.05) is 5.32 Å². The molecule has 1 aliphatic carbocycles. The third-order valence-corrected chi connectivity index (χ3v) is 5.83. The van der Waals surface area contributed by atoms with Gasteiger partial charge in [0.15, 0.2) is 0 Å². The molecule has 3 rings (SSSR count). The summed E-state index contributed by atoms with van der Waals surface area (Å²) in [6, 6.07) is 9.39. The summed E-state index contributed by atoms with van der Waals surface area (Å²) in [6.45, 7) is 3.27. The van der Waals surface area contributed by atoms with Gasteiger partial charge in [-0.1, -0.05) is 26.0 Å². The highest BCUT2D eigenvalue weighted by atomic mass is 32.2. The number of anilines is 1. The van der Waals surface area contributed by atoms with Gasteiger partial charge in [-0.25, -0.2) is 17.9 Å². The highest BCUT2D eigenvalue weighted by Gasteiger charge is 2.62. The van der Waals surface area contributed by atoms with E-state index in [1.807, 2.05) is 13.8 Å². The van der Waals surface area contributed by atoms with Gasteiger partial charge >= 0.3 is 0 Å². The number of nitrogens with two attached hydrogens (primary N) is 1. The zero-order chi connectivity index (χ0) is 19.1. The second-order valence-corrected chi connectivity index (χ2v) is 8.61. The van der Waals surface area contributed by atoms with Crippen molar-refractivity contribution in [2.24, 2.45) is 16.5 Å². The monoisotopic (exact) mass is 377 g/mol. The second-order valence-electron chi connectivity index (χ2n) is 7.05. The Morgan fingerprint density at radius 1 is 1.27 bits per heavy atom. The third-order valence-electron chi connectivity index (χ3n) is 4.90. The molecular weight excluding hydrogens is 357 g/mol. The lowest BCUT2D eigenvalue weighted by molar-refractivity contribution is -0.118. The molecule has 2 atom stereocenters. The maximum atomic E-state index is 12.7. The number of alkyl halides is 1. The van der Waals surface area contributed by atoms with Gasteiger partial charge in [0.05, 0.1) is 16.5 Å². The van der Waals surface area contributed by atoms with Crippen molar-refractivity contribution in [3.05, 3.63) is 53.9 Å². The SMILES string of the molecule is CC1(C)[C@H](C(=O)Nc2ccnc(CF)c2)[C@H]1c1ccc(S(N)(=O)=O)cc1. The maximum absolute atomic E-state index is 12.7. The average Bonchev–Trinajstić information content (AvgIpc) is 3.17. The Kier molecular flexibility index (Phi) is 4.58. The van der Waals surface area contributed by atoms with E-state index >= 15 is 0 Å². The van der Waals surface area contributed by atoms with E-state index in [1.165, 1.54) is 24.4 Å². The van der Waals surface area contributed by atoms with Crippen LogP contribution < -0.4 is 10.5 Å². The molecule has 0 aliphatic heterocycles. The zero-order valence-corrected chi connectivity index (χ0v) is 15.3. The Labute approximate surface area is 151 Å². The Balaban J connectivity index is 1.77. The van der Waals surface area contributed by atoms with Crippen molar-refractivity contribution < 1.29 is 17.6 Å². The highest BCUT2D eigenvalue weighted by Crippen LogP contribution is 2.64. The summed E-state index contributed by atoms with van der Waals surface area (Å²) in [5, 5.41) is 7.92. The lowest BCUT2D eigenvalue weighted by Crippen LogP contribution is -2.17. The predicted molar refractivity (Wildman–Crippen MR) is 95.5 cm³/mol. The minimum Gasteiger partial charge on any atom is -0.326 e. The van der Waals surface area contributed by atoms with Gasteiger partial charge in [0, 0.05) is 17.8 Å². The summed E-state index contributed by atoms with van der Waals surface area (Å²) < 4.78 is 35.4. The molecule has 0 saturated heterocycles. The number of rotatable bonds is 5. The van der Waals surface area contributed by atoms with Gasteiger partial charge in [0.2, 0.25) is 15.9 Å². The lowest BCUT2D eigenvalue weighted by atomic mass is 10.0. The van der Waals surface area contributed by atoms with Crippen LogP contribution in [0.4, 0.5) is 10.1 Å². The minimum atomic E-state index is -3.75. The number of carbonyl (C=O) groups is 1. The number of aromatic nitrogens is 1. The van der Waals surface area contributed by atoms with Crippen LogP contribution in [0, 0.1) is 11.3 Å². The van der Waals surface area contributed by atoms with Crippen molar-refractivity contribution in [3.8, 4) is 0 Å². The summed E-state index contributed by atoms with van der Waals surface area (Å²) in [5.74, 6) is -0.476. The molecule has 3 N–H and O–H groups in total. The first-order valence-corrected chi connectivity index (χ1v) is 9.63. The van der Waals surface area contributed by atoms with E-state index in [4.69, 9.17) is 5.14 Å². The largest absolute Gasteiger partial charge is 0.326 e. The van der Waals surface area contributed by atoms with Gasteiger partial charge in [-0.3, -0.25) is 9.78 Å². The van der Waals surface area contributed by atoms with Crippen molar-refractivity contribution in [3.63, 3.8) is 0 Å². The van der Waals surface area contributed by atoms with Crippen molar-refractivity contribution in [1.29, 1.82) is 0 Å². The number of pyridine rings is 1. The van der Waals surface area contributed by atoms with Gasteiger partial charge in [-0.15, -0.1) is 0 Å². The molecule has 0 unspecified atom stereocenters. The number of carbonyl (C=O) groups excluding carboxylic acids is 1. The number of hydrogen-bond donors (Lipinski definition) is 2. The lowest BCUT2D eigenvalue weighted by Gasteiger charge is -2.06. The Morgan fingerprint density at radius 2 is 1.92 bits per heavy atom. The molecule has 0 bridgehead atoms. The molecule has 0 spiro atoms. The third kappa shape index (κ3) is 3.47. The predicted octanol–water partition coefficient (Wildman–Crippen LogP) is 2.58. The zero-order valence-electron chi connectivity index (χ0n) is 14.4. The number of amides is 1. The molecule has 0 radical (unpaired) electrons. The van der Waals surface area contributed by atoms with E-state index < -0.39 is 16.7 Å². The quantitative estimate of drug-likeness (QED) is 0.836. The van der Waals surface area contributed by atoms with Crippen molar-refractivity contribution in [1.82, 2.24) is 4.98 Å². The van der Waals surface area contributed by atoms with Crippen LogP contribution in [0.15, 0.2) is 47.5 Å². The first-order chi connectivity index (χ1) is 12.1. The first-order valence-electron chi connectivity index (χ1n) is 8.09. The number of sulfonamides is 1. The molecule has 26 heavy (non-hydrogen) atoms. The topological polar surface area (TPSA) is 102 Å². The van der Waals surface area contributed by atoms with Gasteiger partial charge in [-0.05, 0) is 35.2 Å². The molecule has 1 aliphatic rings. The normalized spacial score (nSPS) is 21.2. The molecule has 1 aromatic carbocycles. The average molecular weight is 377 g/mol. The summed E-state index contributed by atoms with van der Waals surface area (Å²) in [4.78, 5) is 16.6. The molecule has 6 nitrogen and oxygen atoms in total. The molecule has 138 valence electrons. The van der Waals surface area contributed by atoms with Crippen LogP contribution in [0.25, 0.3) is 0 Å². The van der Waals surface area contributed by atoms with Crippen LogP contribution in [-0.4, -0.2) is 19.3 Å². The molecular formula is C18H20FN3O3S. The van der Waals surface area contributed by atoms with E-state index in [9.17, 15) is 17.6 Å². The van der Waals surface area contributed by atoms with E-state index in [-0.39, 0.29) is 33.7 Å². The standard InChI is InChI=1S/C18H20FN3O3S/c1-18(2)15(11-3-5-14(6-4-11)26(20,24)25)16(18)17(23)22-12-7-8-21-13(9-12)10-19/h3-9,15-16H,10H2,1-2H3,(H2,20,24,25)(H,21,22,23)/t15-,16+/m1/s1. The summed E-state index contributed by atoms with van der Waals surface area (Å²) in [6.07, 6.45) is 1.45. The number of hydrogen-bond acceptors (Lipinski definition) is 4. The number of nitrogens with zero attached hydrogens (tertiary/aromatic N) is 1. The smallest absolute Gasteiger partial charge is 0.238 e. The fourth-order valence-electron chi connectivity index (χ4n) is 3.46. The Hall–Kier alpha value is -2.32. The number of primary sulfonamides is 1. The molecule has 1 saturated carbocycles. The molecule has 1 heterocycles. The highest BCUT2D eigenvalue weighted by molar-refractivity contribution is 7.89. The fourth-order valence-corrected chi connectivity index (χ4v) is 3.98. The molecule has 1 amide bonds. The van der Waals surface area contributed by atoms with Crippen LogP contribution in [0.2, 0.25) is 0 Å². The van der Waals surface area contributed by atoms with E-state index in [1.54, 1.807) is 18.2 Å². The van der Waals surface area contributed by atoms with Crippen molar-refractivity contribution in [2.45, 2.75) is 31.3 Å². The van der Waals surface area contributed by atoms with Gasteiger partial charge in [0.25, 0.3) is 0 Å². The number of benzene rings is 1. The van der Waals surface area contributed by atoms with Gasteiger partial charge in [0.1, 0.15) is 6.67 Å². The molecule has 2 aromatic rings. The molecule has 8 heteroatoms. The molecule has 1 aromatic heterocycles. The maximum Gasteiger partial charge on any atom is 0.238 e. The van der Waals surface area contributed by atoms with Crippen LogP contribution >= 0.6 is 0 Å². The second kappa shape index (κ2) is 6.44. The van der Waals surface area contributed by atoms with E-state index in [0.29, 0.717) is 5.69 Å². The van der Waals surface area contributed by atoms with Crippen LogP contribution in [-0.2, 0) is 21.5 Å². The van der Waals surface area contributed by atoms with Crippen LogP contribution in [0.5, 0.6) is 0 Å². The first kappa shape index (κ1) is 18.5. The van der Waals surface area contributed by atoms with Crippen LogP contribution in [0.3, 0.4) is 0 Å². The molecule has 1 fully saturated rings. The summed E-state index contributed by atoms with van der Waals surface area (Å²) >= 11 is 0. The number of nitrogens with one attached hydrogen (secondary N) is 1. The summed E-state index contributed by atoms with van der Waals surface area (Å²) in [5.41, 5.74) is 1.36. The minimum absolute atomic E-state index is 0.0382. The van der Waals surface area contributed by atoms with Crippen LogP contribution in [0.1, 0.15) is 31.0 Å². The Bertz CT molecular complexity index is 942. The van der Waals surface area contributed by atoms with Gasteiger partial charge < -0.3 is 5.32 Å². The van der Waals surface area contributed by atoms with Crippen molar-refractivity contribution >= 4 is 21.6 Å². The van der Waals surface area contributed by atoms with E-state index in [2.05, 4.69) is 10.3 Å². The van der Waals surface area contributed by atoms with E-state index in [0.717, 1.165) is 5.56 Å². The fraction of sp³-hybridized carbons (Fsp3) is 0.333. The summed E-state index contributed by atoms with van der Waals surface area (Å²) in [7, 11) is -3.75. The van der Waals surface area contributed by atoms with Gasteiger partial charge in [-0.2, -0.15) is 0 Å². The Morgan fingerprint density at radius 3 is 2.50 bits per heavy atom. The number of halogens is 1.